The van der Waals surface area contributed by atoms with Gasteiger partial charge in [0, 0.05) is 31.1 Å². The Hall–Kier alpha value is -4.67. The van der Waals surface area contributed by atoms with Gasteiger partial charge in [-0.1, -0.05) is 62.4 Å². The van der Waals surface area contributed by atoms with Gasteiger partial charge in [-0.05, 0) is 82.8 Å². The van der Waals surface area contributed by atoms with E-state index in [2.05, 4.69) is 5.32 Å². The first kappa shape index (κ1) is 45.8. The molecule has 3 fully saturated rings. The van der Waals surface area contributed by atoms with Crippen molar-refractivity contribution >= 4 is 29.8 Å². The standard InChI is InChI=1S/C46H60N2O13/c1-25-30(58-40(54)35(51)34(27-16-11-9-12-17-27)48-41(55)61-42(3,4)5)23-46(56)38(59-39(53)28-18-13-10-14-19-28)36-44(8,31(50)22-32-45(36,24-57-32)60-26(2)49)37(52)29(20-15-21-47)33(25)43(46,6)7/h9-14,16-19,29-32,34-36,38,50-51,56H,15,20-24,47H2,1-8H3,(H,48,55)/t29-,30+,31+,32?,34+,35-,36+,38+,44-,45+,46-/m1/s1. The van der Waals surface area contributed by atoms with E-state index in [1.54, 1.807) is 97.0 Å². The third-order valence-electron chi connectivity index (χ3n) is 13.4. The molecule has 1 aliphatic heterocycles. The number of alkyl carbamates (subject to hydrolysis) is 1. The minimum atomic E-state index is -2.23. The molecule has 1 unspecified atom stereocenters. The first-order valence-corrected chi connectivity index (χ1v) is 20.9. The second kappa shape index (κ2) is 16.9. The number of amides is 1. The van der Waals surface area contributed by atoms with Gasteiger partial charge in [0.1, 0.15) is 35.3 Å². The Kier molecular flexibility index (Phi) is 12.7. The molecule has 0 aromatic heterocycles. The zero-order valence-electron chi connectivity index (χ0n) is 36.1. The molecule has 61 heavy (non-hydrogen) atoms. The van der Waals surface area contributed by atoms with Gasteiger partial charge >= 0.3 is 24.0 Å². The van der Waals surface area contributed by atoms with Crippen LogP contribution in [-0.4, -0.2) is 106 Å². The maximum atomic E-state index is 15.7. The Bertz CT molecular complexity index is 2030. The molecule has 2 aromatic rings. The van der Waals surface area contributed by atoms with Crippen molar-refractivity contribution in [3.8, 4) is 0 Å². The Morgan fingerprint density at radius 3 is 2.18 bits per heavy atom. The molecule has 0 radical (unpaired) electrons. The van der Waals surface area contributed by atoms with Crippen LogP contribution in [0, 0.1) is 22.7 Å². The zero-order valence-corrected chi connectivity index (χ0v) is 36.1. The highest BCUT2D eigenvalue weighted by Crippen LogP contribution is 2.65. The lowest BCUT2D eigenvalue weighted by molar-refractivity contribution is -0.345. The van der Waals surface area contributed by atoms with E-state index in [0.717, 1.165) is 0 Å². The largest absolute Gasteiger partial charge is 0.456 e. The van der Waals surface area contributed by atoms with Crippen LogP contribution in [0.25, 0.3) is 0 Å². The van der Waals surface area contributed by atoms with Crippen molar-refractivity contribution in [2.24, 2.45) is 28.4 Å². The molecule has 2 aromatic carbocycles. The molecule has 2 saturated carbocycles. The predicted octanol–water partition coefficient (Wildman–Crippen LogP) is 4.25. The molecule has 0 spiro atoms. The molecule has 1 amide bonds. The predicted molar refractivity (Wildman–Crippen MR) is 219 cm³/mol. The van der Waals surface area contributed by atoms with Crippen molar-refractivity contribution in [3.05, 3.63) is 82.9 Å². The van der Waals surface area contributed by atoms with Crippen LogP contribution < -0.4 is 11.1 Å². The first-order chi connectivity index (χ1) is 28.5. The van der Waals surface area contributed by atoms with E-state index < -0.39 is 112 Å². The average molecular weight is 849 g/mol. The van der Waals surface area contributed by atoms with Crippen LogP contribution in [-0.2, 0) is 38.1 Å². The number of benzene rings is 2. The van der Waals surface area contributed by atoms with Crippen molar-refractivity contribution in [2.75, 3.05) is 13.2 Å². The van der Waals surface area contributed by atoms with E-state index in [1.165, 1.54) is 19.1 Å². The van der Waals surface area contributed by atoms with Gasteiger partial charge in [0.05, 0.1) is 35.6 Å². The van der Waals surface area contributed by atoms with Crippen LogP contribution in [0.15, 0.2) is 71.8 Å². The SMILES string of the molecule is CC(=O)O[C@@]12COC1C[C@H](O)[C@@]1(C)C(=O)[C@H](CCCN)C3=C(C)[C@@H](OC(=O)[C@H](O)[C@@H](NC(=O)OC(C)(C)C)c4ccccc4)C[C@@](O)([C@@H](OC(=O)c4ccccc4)[C@@H]12)C3(C)C. The molecule has 1 saturated heterocycles. The third-order valence-corrected chi connectivity index (χ3v) is 13.4. The Balaban J connectivity index is 1.53. The fraction of sp³-hybridized carbons (Fsp3) is 0.587. The number of esters is 3. The minimum absolute atomic E-state index is 0.0904. The lowest BCUT2D eigenvalue weighted by Crippen LogP contribution is -2.81. The second-order valence-electron chi connectivity index (χ2n) is 18.7. The summed E-state index contributed by atoms with van der Waals surface area (Å²) in [5, 5.41) is 40.2. The summed E-state index contributed by atoms with van der Waals surface area (Å²) in [5.41, 5.74) is -0.681. The number of hydrogen-bond donors (Lipinski definition) is 5. The minimum Gasteiger partial charge on any atom is -0.456 e. The number of ether oxygens (including phenoxy) is 5. The highest BCUT2D eigenvalue weighted by atomic mass is 16.6. The monoisotopic (exact) mass is 848 g/mol. The van der Waals surface area contributed by atoms with Crippen LogP contribution >= 0.6 is 0 Å². The number of carbonyl (C=O) groups is 5. The number of carbonyl (C=O) groups excluding carboxylic acids is 5. The van der Waals surface area contributed by atoms with Gasteiger partial charge < -0.3 is 50.1 Å². The zero-order chi connectivity index (χ0) is 44.9. The smallest absolute Gasteiger partial charge is 0.408 e. The van der Waals surface area contributed by atoms with Crippen molar-refractivity contribution in [1.82, 2.24) is 5.32 Å². The van der Waals surface area contributed by atoms with Crippen LogP contribution in [0.5, 0.6) is 0 Å². The van der Waals surface area contributed by atoms with Crippen molar-refractivity contribution in [1.29, 1.82) is 0 Å². The van der Waals surface area contributed by atoms with Gasteiger partial charge in [-0.2, -0.15) is 0 Å². The van der Waals surface area contributed by atoms with Crippen LogP contribution in [0.2, 0.25) is 0 Å². The summed E-state index contributed by atoms with van der Waals surface area (Å²) in [6.07, 6.45) is -8.28. The number of rotatable bonds is 11. The molecule has 11 atom stereocenters. The maximum absolute atomic E-state index is 15.7. The van der Waals surface area contributed by atoms with Crippen molar-refractivity contribution < 1.29 is 63.0 Å². The molecular weight excluding hydrogens is 789 g/mol. The fourth-order valence-electron chi connectivity index (χ4n) is 10.4. The van der Waals surface area contributed by atoms with Gasteiger partial charge in [-0.25, -0.2) is 14.4 Å². The summed E-state index contributed by atoms with van der Waals surface area (Å²) in [4.78, 5) is 70.3. The maximum Gasteiger partial charge on any atom is 0.408 e. The average Bonchev–Trinajstić information content (AvgIpc) is 3.19. The number of nitrogens with two attached hydrogens (primary N) is 1. The number of aliphatic hydroxyl groups excluding tert-OH is 2. The van der Waals surface area contributed by atoms with E-state index in [4.69, 9.17) is 29.4 Å². The van der Waals surface area contributed by atoms with Crippen molar-refractivity contribution in [2.45, 2.75) is 134 Å². The number of nitrogens with one attached hydrogen (secondary N) is 1. The molecule has 1 heterocycles. The van der Waals surface area contributed by atoms with E-state index in [-0.39, 0.29) is 31.6 Å². The Morgan fingerprint density at radius 2 is 1.62 bits per heavy atom. The molecule has 332 valence electrons. The van der Waals surface area contributed by atoms with E-state index in [1.807, 2.05) is 0 Å². The second-order valence-corrected chi connectivity index (χ2v) is 18.7. The van der Waals surface area contributed by atoms with E-state index in [0.29, 0.717) is 23.1 Å². The summed E-state index contributed by atoms with van der Waals surface area (Å²) < 4.78 is 30.1. The number of aliphatic hydroxyl groups is 3. The van der Waals surface area contributed by atoms with E-state index >= 15 is 4.79 Å². The Morgan fingerprint density at radius 1 is 1.00 bits per heavy atom. The topological polar surface area (TPSA) is 230 Å². The number of fused-ring (bicyclic) bond motifs is 5. The number of Topliss-reactive ketones (excluding diaryl/α,β-unsaturated/α-hetero) is 1. The van der Waals surface area contributed by atoms with Gasteiger partial charge in [0.25, 0.3) is 0 Å². The molecule has 6 rings (SSSR count). The summed E-state index contributed by atoms with van der Waals surface area (Å²) in [7, 11) is 0. The third kappa shape index (κ3) is 8.11. The van der Waals surface area contributed by atoms with Crippen LogP contribution in [0.4, 0.5) is 4.79 Å². The normalized spacial score (nSPS) is 32.6. The first-order valence-electron chi connectivity index (χ1n) is 20.9. The molecule has 15 heteroatoms. The van der Waals surface area contributed by atoms with Gasteiger partial charge in [-0.15, -0.1) is 0 Å². The fourth-order valence-corrected chi connectivity index (χ4v) is 10.4. The van der Waals surface area contributed by atoms with E-state index in [9.17, 15) is 34.5 Å². The molecule has 2 bridgehead atoms. The summed E-state index contributed by atoms with van der Waals surface area (Å²) in [6, 6.07) is 15.0. The molecular formula is C46H60N2O13. The lowest BCUT2D eigenvalue weighted by Gasteiger charge is -2.67. The molecule has 4 aliphatic rings. The quantitative estimate of drug-likeness (QED) is 0.121. The van der Waals surface area contributed by atoms with Gasteiger partial charge in [0.2, 0.25) is 0 Å². The van der Waals surface area contributed by atoms with Crippen LogP contribution in [0.3, 0.4) is 0 Å². The van der Waals surface area contributed by atoms with Crippen molar-refractivity contribution in [3.63, 3.8) is 0 Å². The lowest BCUT2D eigenvalue weighted by atomic mass is 9.43. The Labute approximate surface area is 356 Å². The molecule has 6 N–H and O–H groups in total. The van der Waals surface area contributed by atoms with Gasteiger partial charge in [-0.3, -0.25) is 9.59 Å². The molecule has 3 aliphatic carbocycles. The molecule has 15 nitrogen and oxygen atoms in total. The number of ketones is 1. The number of hydrogen-bond acceptors (Lipinski definition) is 14. The highest BCUT2D eigenvalue weighted by Gasteiger charge is 2.78. The van der Waals surface area contributed by atoms with Gasteiger partial charge in [0.15, 0.2) is 11.7 Å². The van der Waals surface area contributed by atoms with Crippen LogP contribution in [0.1, 0.15) is 103 Å². The highest BCUT2D eigenvalue weighted by molar-refractivity contribution is 5.93. The summed E-state index contributed by atoms with van der Waals surface area (Å²) in [5.74, 6) is -5.62. The summed E-state index contributed by atoms with van der Waals surface area (Å²) >= 11 is 0. The summed E-state index contributed by atoms with van der Waals surface area (Å²) in [6.45, 7) is 12.9.